The number of hydrogen-bond donors (Lipinski definition) is 0. The number of carbonyl (C=O) groups is 2. The van der Waals surface area contributed by atoms with E-state index in [1.165, 1.54) is 64.2 Å². The van der Waals surface area contributed by atoms with E-state index < -0.39 is 22.8 Å². The predicted octanol–water partition coefficient (Wildman–Crippen LogP) is 7.29. The van der Waals surface area contributed by atoms with Crippen molar-refractivity contribution in [3.05, 3.63) is 71.8 Å². The molecule has 0 bridgehead atoms. The smallest absolute Gasteiger partial charge is 0.549 e. The van der Waals surface area contributed by atoms with Gasteiger partial charge in [0, 0.05) is 10.8 Å². The summed E-state index contributed by atoms with van der Waals surface area (Å²) >= 11 is 0. The topological polar surface area (TPSA) is 80.3 Å². The van der Waals surface area contributed by atoms with Gasteiger partial charge in [-0.1, -0.05) is 178 Å². The zero-order chi connectivity index (χ0) is 29.7. The fraction of sp³-hybridized carbons (Fsp3) is 0.611. The van der Waals surface area contributed by atoms with Gasteiger partial charge in [-0.2, -0.15) is 0 Å². The number of aliphatic carboxylic acids is 2. The Morgan fingerprint density at radius 1 is 0.512 bits per heavy atom. The van der Waals surface area contributed by atoms with Crippen LogP contribution >= 0.6 is 0 Å². The number of hydrogen-bond acceptors (Lipinski definition) is 4. The third kappa shape index (κ3) is 14.7. The summed E-state index contributed by atoms with van der Waals surface area (Å²) in [5.74, 6) is -1.93. The van der Waals surface area contributed by atoms with Crippen LogP contribution in [-0.2, 0) is 20.4 Å². The van der Waals surface area contributed by atoms with Gasteiger partial charge in [0.2, 0.25) is 0 Å². The van der Waals surface area contributed by atoms with E-state index in [4.69, 9.17) is 0 Å². The van der Waals surface area contributed by atoms with Crippen molar-refractivity contribution in [2.75, 3.05) is 0 Å². The zero-order valence-electron chi connectivity index (χ0n) is 26.4. The van der Waals surface area contributed by atoms with E-state index in [2.05, 4.69) is 13.8 Å². The molecule has 224 valence electrons. The Hall–Kier alpha value is -1.85. The number of rotatable bonds is 20. The van der Waals surface area contributed by atoms with Crippen molar-refractivity contribution >= 4 is 35.0 Å². The van der Waals surface area contributed by atoms with Gasteiger partial charge < -0.3 is 19.8 Å². The molecule has 2 aromatic rings. The summed E-state index contributed by atoms with van der Waals surface area (Å²) in [6.07, 6.45) is 18.1. The minimum atomic E-state index is -0.963. The van der Waals surface area contributed by atoms with Gasteiger partial charge in [0.05, 0.1) is 11.9 Å². The molecule has 0 fully saturated rings. The molecule has 0 aliphatic rings. The molecule has 0 aliphatic heterocycles. The summed E-state index contributed by atoms with van der Waals surface area (Å²) in [6.45, 7) is 8.00. The molecule has 0 N–H and O–H groups in total. The Bertz CT molecular complexity index is 856. The molecule has 0 saturated carbocycles. The molecule has 41 heavy (non-hydrogen) atoms. The normalized spacial score (nSPS) is 13.6. The second kappa shape index (κ2) is 22.7. The molecule has 2 rings (SSSR count). The third-order valence-corrected chi connectivity index (χ3v) is 8.28. The van der Waals surface area contributed by atoms with E-state index in [1.807, 2.05) is 60.7 Å². The molecule has 0 aliphatic carbocycles. The maximum Gasteiger partial charge on any atom is 2.00 e. The molecule has 5 heteroatoms. The summed E-state index contributed by atoms with van der Waals surface area (Å²) in [5.41, 5.74) is -0.00742. The van der Waals surface area contributed by atoms with Crippen molar-refractivity contribution < 1.29 is 19.8 Å². The average Bonchev–Trinajstić information content (AvgIpc) is 2.97. The first-order valence-electron chi connectivity index (χ1n) is 15.8. The SMILES string of the molecule is CCCCCCCCCC(C)(C(=O)[O-])c1ccccc1.CCCCCCCCCC(C)(C(=O)[O-])c1ccccc1.[Mg+2]. The van der Waals surface area contributed by atoms with Crippen LogP contribution in [0.25, 0.3) is 0 Å². The minimum absolute atomic E-state index is 0. The summed E-state index contributed by atoms with van der Waals surface area (Å²) < 4.78 is 0. The quantitative estimate of drug-likeness (QED) is 0.123. The molecule has 2 unspecified atom stereocenters. The van der Waals surface area contributed by atoms with Crippen molar-refractivity contribution in [3.63, 3.8) is 0 Å². The average molecular weight is 575 g/mol. The van der Waals surface area contributed by atoms with E-state index in [1.54, 1.807) is 13.8 Å². The molecule has 4 nitrogen and oxygen atoms in total. The van der Waals surface area contributed by atoms with Crippen LogP contribution in [-0.4, -0.2) is 35.0 Å². The van der Waals surface area contributed by atoms with Gasteiger partial charge in [0.1, 0.15) is 0 Å². The van der Waals surface area contributed by atoms with Crippen molar-refractivity contribution in [2.24, 2.45) is 0 Å². The second-order valence-electron chi connectivity index (χ2n) is 11.7. The van der Waals surface area contributed by atoms with Crippen LogP contribution < -0.4 is 10.2 Å². The maximum atomic E-state index is 11.5. The monoisotopic (exact) mass is 574 g/mol. The molecular weight excluding hydrogens is 521 g/mol. The Morgan fingerprint density at radius 3 is 1.05 bits per heavy atom. The van der Waals surface area contributed by atoms with Crippen molar-refractivity contribution in [1.29, 1.82) is 0 Å². The van der Waals surface area contributed by atoms with Gasteiger partial charge in [-0.3, -0.25) is 0 Å². The van der Waals surface area contributed by atoms with Gasteiger partial charge in [0.15, 0.2) is 0 Å². The van der Waals surface area contributed by atoms with Crippen LogP contribution in [0, 0.1) is 0 Å². The minimum Gasteiger partial charge on any atom is -0.549 e. The number of carboxylic acids is 2. The summed E-state index contributed by atoms with van der Waals surface area (Å²) in [6, 6.07) is 18.9. The Morgan fingerprint density at radius 2 is 0.780 bits per heavy atom. The predicted molar refractivity (Wildman–Crippen MR) is 169 cm³/mol. The van der Waals surface area contributed by atoms with E-state index in [0.717, 1.165) is 36.8 Å². The van der Waals surface area contributed by atoms with Crippen LogP contribution in [0.15, 0.2) is 60.7 Å². The molecule has 0 heterocycles. The van der Waals surface area contributed by atoms with Crippen LogP contribution in [0.2, 0.25) is 0 Å². The first-order valence-corrected chi connectivity index (χ1v) is 15.8. The maximum absolute atomic E-state index is 11.5. The van der Waals surface area contributed by atoms with E-state index >= 15 is 0 Å². The van der Waals surface area contributed by atoms with Gasteiger partial charge in [-0.05, 0) is 24.0 Å². The Balaban J connectivity index is 0.000000762. The largest absolute Gasteiger partial charge is 2.00 e. The van der Waals surface area contributed by atoms with Gasteiger partial charge in [-0.15, -0.1) is 0 Å². The first-order chi connectivity index (χ1) is 19.2. The Labute approximate surface area is 266 Å². The number of unbranched alkanes of at least 4 members (excludes halogenated alkanes) is 12. The molecular formula is C36H54MgO4. The molecule has 0 radical (unpaired) electrons. The second-order valence-corrected chi connectivity index (χ2v) is 11.7. The number of benzene rings is 2. The fourth-order valence-electron chi connectivity index (χ4n) is 5.21. The molecule has 0 amide bonds. The van der Waals surface area contributed by atoms with Gasteiger partial charge in [0.25, 0.3) is 0 Å². The zero-order valence-corrected chi connectivity index (χ0v) is 27.8. The Kier molecular flexibility index (Phi) is 21.7. The van der Waals surface area contributed by atoms with Crippen LogP contribution in [0.1, 0.15) is 142 Å². The van der Waals surface area contributed by atoms with E-state index in [9.17, 15) is 19.8 Å². The van der Waals surface area contributed by atoms with Crippen LogP contribution in [0.3, 0.4) is 0 Å². The van der Waals surface area contributed by atoms with Crippen LogP contribution in [0.5, 0.6) is 0 Å². The first kappa shape index (κ1) is 39.1. The van der Waals surface area contributed by atoms with Crippen LogP contribution in [0.4, 0.5) is 0 Å². The number of carboxylic acid groups (broad SMARTS) is 2. The van der Waals surface area contributed by atoms with E-state index in [0.29, 0.717) is 12.8 Å². The summed E-state index contributed by atoms with van der Waals surface area (Å²) in [4.78, 5) is 23.0. The van der Waals surface area contributed by atoms with Crippen molar-refractivity contribution in [2.45, 2.75) is 141 Å². The summed E-state index contributed by atoms with van der Waals surface area (Å²) in [5, 5.41) is 23.0. The molecule has 2 atom stereocenters. The van der Waals surface area contributed by atoms with E-state index in [-0.39, 0.29) is 23.1 Å². The molecule has 0 saturated heterocycles. The molecule has 2 aromatic carbocycles. The summed E-state index contributed by atoms with van der Waals surface area (Å²) in [7, 11) is 0. The van der Waals surface area contributed by atoms with Crippen molar-refractivity contribution in [3.8, 4) is 0 Å². The standard InChI is InChI=1S/2C18H28O2.Mg/c2*1-3-4-5-6-7-8-12-15-18(2,17(19)20)16-13-10-9-11-14-16;/h2*9-11,13-14H,3-8,12,15H2,1-2H3,(H,19,20);/q;;+2/p-2. The third-order valence-electron chi connectivity index (χ3n) is 8.28. The van der Waals surface area contributed by atoms with Gasteiger partial charge >= 0.3 is 23.1 Å². The molecule has 0 aromatic heterocycles. The van der Waals surface area contributed by atoms with Gasteiger partial charge in [-0.25, -0.2) is 0 Å². The molecule has 0 spiro atoms. The van der Waals surface area contributed by atoms with Crippen molar-refractivity contribution in [1.82, 2.24) is 0 Å². The number of carbonyl (C=O) groups excluding carboxylic acids is 2. The fourth-order valence-corrected chi connectivity index (χ4v) is 5.21.